The predicted molar refractivity (Wildman–Crippen MR) is 68.3 cm³/mol. The van der Waals surface area contributed by atoms with Crippen molar-refractivity contribution in [1.29, 1.82) is 0 Å². The fourth-order valence-corrected chi connectivity index (χ4v) is 1.35. The third-order valence-electron chi connectivity index (χ3n) is 1.57. The van der Waals surface area contributed by atoms with Crippen LogP contribution in [0.25, 0.3) is 0 Å². The molecule has 1 aromatic rings. The van der Waals surface area contributed by atoms with Crippen LogP contribution in [0, 0.1) is 0 Å². The number of halogens is 4. The normalized spacial score (nSPS) is 11.6. The van der Waals surface area contributed by atoms with Crippen LogP contribution in [0.4, 0.5) is 13.2 Å². The third-order valence-corrected chi connectivity index (χ3v) is 2.32. The fraction of sp³-hybridized carbons (Fsp3) is 0.111. The van der Waals surface area contributed by atoms with Gasteiger partial charge in [0, 0.05) is 0 Å². The monoisotopic (exact) mass is 341 g/mol. The van der Waals surface area contributed by atoms with E-state index in [2.05, 4.69) is 43.4 Å². The molecule has 1 aromatic carbocycles. The summed E-state index contributed by atoms with van der Waals surface area (Å²) >= 11 is 7.45. The summed E-state index contributed by atoms with van der Waals surface area (Å²) in [7, 11) is 0. The van der Waals surface area contributed by atoms with Crippen LogP contribution in [-0.4, -0.2) is 17.7 Å². The van der Waals surface area contributed by atoms with E-state index in [0.717, 1.165) is 0 Å². The van der Waals surface area contributed by atoms with Crippen LogP contribution < -0.4 is 15.9 Å². The van der Waals surface area contributed by atoms with Gasteiger partial charge in [-0.15, -0.1) is 13.2 Å². The van der Waals surface area contributed by atoms with Crippen LogP contribution in [0.5, 0.6) is 5.75 Å². The average molecular weight is 342 g/mol. The van der Waals surface area contributed by atoms with Crippen LogP contribution in [0.1, 0.15) is 5.56 Å². The maximum absolute atomic E-state index is 12.1. The number of nitrogens with zero attached hydrogens (tertiary/aromatic N) is 1. The molecule has 4 nitrogen and oxygen atoms in total. The summed E-state index contributed by atoms with van der Waals surface area (Å²) in [6.07, 6.45) is -3.50. The minimum Gasteiger partial charge on any atom is -0.405 e. The van der Waals surface area contributed by atoms with E-state index in [1.165, 1.54) is 24.4 Å². The molecular formula is C9H7BrF3N3OS. The van der Waals surface area contributed by atoms with Crippen molar-refractivity contribution in [3.05, 3.63) is 28.2 Å². The lowest BCUT2D eigenvalue weighted by atomic mass is 10.2. The highest BCUT2D eigenvalue weighted by molar-refractivity contribution is 9.10. The van der Waals surface area contributed by atoms with Gasteiger partial charge in [-0.3, -0.25) is 5.43 Å². The van der Waals surface area contributed by atoms with Gasteiger partial charge < -0.3 is 10.5 Å². The fourth-order valence-electron chi connectivity index (χ4n) is 0.974. The molecule has 0 amide bonds. The Balaban J connectivity index is 2.87. The molecule has 0 aromatic heterocycles. The first-order valence-corrected chi connectivity index (χ1v) is 5.62. The smallest absolute Gasteiger partial charge is 0.405 e. The van der Waals surface area contributed by atoms with Gasteiger partial charge in [0.25, 0.3) is 0 Å². The number of alkyl halides is 3. The molecule has 0 saturated heterocycles. The molecule has 0 saturated carbocycles. The first kappa shape index (κ1) is 14.7. The number of benzene rings is 1. The maximum Gasteiger partial charge on any atom is 0.573 e. The van der Waals surface area contributed by atoms with Crippen molar-refractivity contribution in [3.8, 4) is 5.75 Å². The summed E-state index contributed by atoms with van der Waals surface area (Å²) < 4.78 is 40.3. The van der Waals surface area contributed by atoms with Gasteiger partial charge in [-0.2, -0.15) is 5.10 Å². The number of ether oxygens (including phenoxy) is 1. The SMILES string of the molecule is NC(=S)NN=Cc1ccc(Br)c(OC(F)(F)F)c1. The summed E-state index contributed by atoms with van der Waals surface area (Å²) in [6, 6.07) is 4.11. The van der Waals surface area contributed by atoms with Gasteiger partial charge in [0.2, 0.25) is 0 Å². The zero-order valence-corrected chi connectivity index (χ0v) is 11.1. The first-order valence-electron chi connectivity index (χ1n) is 4.42. The van der Waals surface area contributed by atoms with Crippen molar-refractivity contribution in [1.82, 2.24) is 5.43 Å². The number of nitrogens with one attached hydrogen (secondary N) is 1. The average Bonchev–Trinajstić information content (AvgIpc) is 2.20. The number of hydrazone groups is 1. The number of rotatable bonds is 3. The molecule has 3 N–H and O–H groups in total. The van der Waals surface area contributed by atoms with Crippen LogP contribution in [0.15, 0.2) is 27.8 Å². The van der Waals surface area contributed by atoms with E-state index in [0.29, 0.717) is 5.56 Å². The molecule has 0 heterocycles. The van der Waals surface area contributed by atoms with Crippen LogP contribution >= 0.6 is 28.1 Å². The summed E-state index contributed by atoms with van der Waals surface area (Å²) in [4.78, 5) is 0. The van der Waals surface area contributed by atoms with Gasteiger partial charge in [-0.25, -0.2) is 0 Å². The van der Waals surface area contributed by atoms with Crippen molar-refractivity contribution in [3.63, 3.8) is 0 Å². The maximum atomic E-state index is 12.1. The molecule has 9 heteroatoms. The largest absolute Gasteiger partial charge is 0.573 e. The van der Waals surface area contributed by atoms with Crippen molar-refractivity contribution in [2.75, 3.05) is 0 Å². The van der Waals surface area contributed by atoms with Crippen LogP contribution in [0.3, 0.4) is 0 Å². The molecule has 0 aliphatic heterocycles. The van der Waals surface area contributed by atoms with Gasteiger partial charge >= 0.3 is 6.36 Å². The summed E-state index contributed by atoms with van der Waals surface area (Å²) in [5.74, 6) is -0.359. The zero-order valence-electron chi connectivity index (χ0n) is 8.66. The van der Waals surface area contributed by atoms with Crippen molar-refractivity contribution in [2.45, 2.75) is 6.36 Å². The van der Waals surface area contributed by atoms with E-state index in [9.17, 15) is 13.2 Å². The molecule has 18 heavy (non-hydrogen) atoms. The van der Waals surface area contributed by atoms with Gasteiger partial charge in [0.1, 0.15) is 5.75 Å². The molecule has 0 fully saturated rings. The summed E-state index contributed by atoms with van der Waals surface area (Å²) in [6.45, 7) is 0. The van der Waals surface area contributed by atoms with E-state index < -0.39 is 6.36 Å². The van der Waals surface area contributed by atoms with E-state index in [4.69, 9.17) is 5.73 Å². The third kappa shape index (κ3) is 5.32. The second kappa shape index (κ2) is 6.01. The lowest BCUT2D eigenvalue weighted by Crippen LogP contribution is -2.24. The Bertz CT molecular complexity index is 479. The highest BCUT2D eigenvalue weighted by atomic mass is 79.9. The lowest BCUT2D eigenvalue weighted by Gasteiger charge is -2.10. The van der Waals surface area contributed by atoms with Gasteiger partial charge in [0.05, 0.1) is 10.7 Å². The van der Waals surface area contributed by atoms with E-state index in [1.54, 1.807) is 0 Å². The van der Waals surface area contributed by atoms with Crippen LogP contribution in [-0.2, 0) is 0 Å². The number of thiocarbonyl (C=S) groups is 1. The van der Waals surface area contributed by atoms with Gasteiger partial charge in [-0.05, 0) is 45.8 Å². The molecule has 0 spiro atoms. The van der Waals surface area contributed by atoms with Crippen molar-refractivity contribution >= 4 is 39.5 Å². The molecular weight excluding hydrogens is 335 g/mol. The van der Waals surface area contributed by atoms with E-state index >= 15 is 0 Å². The Morgan fingerprint density at radius 1 is 1.50 bits per heavy atom. The minimum atomic E-state index is -4.75. The highest BCUT2D eigenvalue weighted by Gasteiger charge is 2.31. The Labute approximate surface area is 114 Å². The van der Waals surface area contributed by atoms with Crippen molar-refractivity contribution < 1.29 is 17.9 Å². The number of nitrogens with two attached hydrogens (primary N) is 1. The van der Waals surface area contributed by atoms with E-state index in [1.807, 2.05) is 0 Å². The van der Waals surface area contributed by atoms with Crippen LogP contribution in [0.2, 0.25) is 0 Å². The zero-order chi connectivity index (χ0) is 13.8. The molecule has 0 aliphatic carbocycles. The van der Waals surface area contributed by atoms with Gasteiger partial charge in [0.15, 0.2) is 5.11 Å². The van der Waals surface area contributed by atoms with Gasteiger partial charge in [-0.1, -0.05) is 6.07 Å². The second-order valence-corrected chi connectivity index (χ2v) is 4.27. The molecule has 0 bridgehead atoms. The summed E-state index contributed by atoms with van der Waals surface area (Å²) in [5, 5.41) is 3.57. The van der Waals surface area contributed by atoms with Crippen molar-refractivity contribution in [2.24, 2.45) is 10.8 Å². The quantitative estimate of drug-likeness (QED) is 0.504. The first-order chi connectivity index (χ1) is 8.28. The highest BCUT2D eigenvalue weighted by Crippen LogP contribution is 2.30. The number of hydrogen-bond donors (Lipinski definition) is 2. The predicted octanol–water partition coefficient (Wildman–Crippen LogP) is 2.51. The molecule has 98 valence electrons. The molecule has 0 unspecified atom stereocenters. The minimum absolute atomic E-state index is 0.0462. The Morgan fingerprint density at radius 3 is 2.72 bits per heavy atom. The molecule has 0 aliphatic rings. The molecule has 1 rings (SSSR count). The Kier molecular flexibility index (Phi) is 4.91. The summed E-state index contributed by atoms with van der Waals surface area (Å²) in [5.41, 5.74) is 7.79. The second-order valence-electron chi connectivity index (χ2n) is 2.97. The topological polar surface area (TPSA) is 59.6 Å². The lowest BCUT2D eigenvalue weighted by molar-refractivity contribution is -0.274. The standard InChI is InChI=1S/C9H7BrF3N3OS/c10-6-2-1-5(4-15-16-8(14)18)3-7(6)17-9(11,12)13/h1-4H,(H3,14,16,18). The molecule has 0 radical (unpaired) electrons. The van der Waals surface area contributed by atoms with E-state index in [-0.39, 0.29) is 15.3 Å². The Hall–Kier alpha value is -1.35. The Morgan fingerprint density at radius 2 is 2.17 bits per heavy atom. The molecule has 0 atom stereocenters. The number of hydrogen-bond acceptors (Lipinski definition) is 3.